The van der Waals surface area contributed by atoms with Gasteiger partial charge in [0.1, 0.15) is 11.5 Å². The lowest BCUT2D eigenvalue weighted by molar-refractivity contribution is -0.385. The highest BCUT2D eigenvalue weighted by molar-refractivity contribution is 8.19. The molecule has 40 heavy (non-hydrogen) atoms. The number of aliphatic imine (C=N–C) groups is 1. The van der Waals surface area contributed by atoms with Crippen molar-refractivity contribution in [2.24, 2.45) is 4.99 Å². The number of carboxylic acids is 1. The summed E-state index contributed by atoms with van der Waals surface area (Å²) in [4.78, 5) is 51.9. The van der Waals surface area contributed by atoms with Crippen LogP contribution in [0.15, 0.2) is 99.2 Å². The summed E-state index contributed by atoms with van der Waals surface area (Å²) in [6, 6.07) is 20.4. The zero-order chi connectivity index (χ0) is 28.4. The predicted octanol–water partition coefficient (Wildman–Crippen LogP) is 6.27. The summed E-state index contributed by atoms with van der Waals surface area (Å²) in [5.41, 5.74) is 0.748. The van der Waals surface area contributed by atoms with Crippen LogP contribution in [0.25, 0.3) is 17.4 Å². The first-order chi connectivity index (χ1) is 19.2. The Labute approximate surface area is 229 Å². The van der Waals surface area contributed by atoms with E-state index in [2.05, 4.69) is 4.99 Å². The molecule has 0 bridgehead atoms. The van der Waals surface area contributed by atoms with Crippen molar-refractivity contribution in [2.75, 3.05) is 4.90 Å². The van der Waals surface area contributed by atoms with Crippen LogP contribution in [0.3, 0.4) is 0 Å². The maximum Gasteiger partial charge on any atom is 0.335 e. The van der Waals surface area contributed by atoms with Gasteiger partial charge in [-0.05, 0) is 48.2 Å². The number of carbonyl (C=O) groups excluding carboxylic acids is 1. The Balaban J connectivity index is 1.52. The van der Waals surface area contributed by atoms with Crippen LogP contribution in [-0.2, 0) is 4.79 Å². The molecule has 1 aliphatic rings. The minimum absolute atomic E-state index is 0.127. The molecule has 0 unspecified atom stereocenters. The van der Waals surface area contributed by atoms with Crippen molar-refractivity contribution >= 4 is 57.6 Å². The number of carboxylic acid groups (broad SMARTS) is 1. The molecule has 0 saturated carbocycles. The molecule has 1 fully saturated rings. The summed E-state index contributed by atoms with van der Waals surface area (Å²) < 4.78 is 5.86. The van der Waals surface area contributed by atoms with Crippen molar-refractivity contribution in [3.63, 3.8) is 0 Å². The third kappa shape index (κ3) is 5.35. The Hall–Kier alpha value is -5.56. The molecule has 0 atom stereocenters. The van der Waals surface area contributed by atoms with Crippen molar-refractivity contribution in [2.45, 2.75) is 0 Å². The molecular weight excluding hydrogens is 540 g/mol. The quantitative estimate of drug-likeness (QED) is 0.156. The van der Waals surface area contributed by atoms with E-state index in [1.165, 1.54) is 71.6 Å². The number of anilines is 1. The molecule has 1 aromatic heterocycles. The Morgan fingerprint density at radius 2 is 1.60 bits per heavy atom. The van der Waals surface area contributed by atoms with Crippen molar-refractivity contribution < 1.29 is 29.0 Å². The molecule has 3 aromatic carbocycles. The topological polar surface area (TPSA) is 169 Å². The molecule has 0 aliphatic carbocycles. The van der Waals surface area contributed by atoms with E-state index in [0.29, 0.717) is 17.1 Å². The highest BCUT2D eigenvalue weighted by Crippen LogP contribution is 2.39. The van der Waals surface area contributed by atoms with Gasteiger partial charge in [-0.1, -0.05) is 24.3 Å². The SMILES string of the molecule is O=C(O)c1ccc(-c2ccc(/C=C3/SC(=Nc4cccc([N+](=O)[O-])c4)N(c4cccc([N+](=O)[O-])c4)C3=O)o2)cc1. The van der Waals surface area contributed by atoms with Gasteiger partial charge in [0.05, 0.1) is 31.7 Å². The third-order valence-electron chi connectivity index (χ3n) is 5.69. The zero-order valence-electron chi connectivity index (χ0n) is 20.2. The Bertz CT molecular complexity index is 1740. The Kier molecular flexibility index (Phi) is 6.95. The molecular formula is C27H16N4O8S. The van der Waals surface area contributed by atoms with Crippen LogP contribution in [0.5, 0.6) is 0 Å². The van der Waals surface area contributed by atoms with E-state index in [4.69, 9.17) is 9.52 Å². The van der Waals surface area contributed by atoms with Crippen LogP contribution in [0, 0.1) is 20.2 Å². The molecule has 0 spiro atoms. The first-order valence-electron chi connectivity index (χ1n) is 11.4. The number of benzene rings is 3. The second-order valence-corrected chi connectivity index (χ2v) is 9.29. The van der Waals surface area contributed by atoms with E-state index < -0.39 is 21.7 Å². The van der Waals surface area contributed by atoms with Crippen LogP contribution in [0.2, 0.25) is 0 Å². The lowest BCUT2D eigenvalue weighted by Gasteiger charge is -2.15. The third-order valence-corrected chi connectivity index (χ3v) is 6.66. The summed E-state index contributed by atoms with van der Waals surface area (Å²) in [5.74, 6) is -0.813. The number of amides is 1. The number of thioether (sulfide) groups is 1. The van der Waals surface area contributed by atoms with Gasteiger partial charge in [-0.2, -0.15) is 0 Å². The molecule has 1 aliphatic heterocycles. The lowest BCUT2D eigenvalue weighted by atomic mass is 10.1. The minimum Gasteiger partial charge on any atom is -0.478 e. The molecule has 5 rings (SSSR count). The van der Waals surface area contributed by atoms with Crippen molar-refractivity contribution in [1.82, 2.24) is 0 Å². The highest BCUT2D eigenvalue weighted by Gasteiger charge is 2.36. The monoisotopic (exact) mass is 556 g/mol. The van der Waals surface area contributed by atoms with Crippen LogP contribution < -0.4 is 4.90 Å². The average Bonchev–Trinajstić information content (AvgIpc) is 3.53. The van der Waals surface area contributed by atoms with Gasteiger partial charge in [0.2, 0.25) is 0 Å². The summed E-state index contributed by atoms with van der Waals surface area (Å²) >= 11 is 0.973. The van der Waals surface area contributed by atoms with E-state index in [-0.39, 0.29) is 38.4 Å². The Morgan fingerprint density at radius 1 is 0.925 bits per heavy atom. The van der Waals surface area contributed by atoms with Gasteiger partial charge >= 0.3 is 5.97 Å². The maximum atomic E-state index is 13.5. The van der Waals surface area contributed by atoms with Gasteiger partial charge in [-0.15, -0.1) is 0 Å². The van der Waals surface area contributed by atoms with Gasteiger partial charge in [0, 0.05) is 35.9 Å². The summed E-state index contributed by atoms with van der Waals surface area (Å²) in [6.07, 6.45) is 1.49. The fourth-order valence-corrected chi connectivity index (χ4v) is 4.78. The molecule has 12 nitrogen and oxygen atoms in total. The van der Waals surface area contributed by atoms with Crippen molar-refractivity contribution in [1.29, 1.82) is 0 Å². The number of aromatic carboxylic acids is 1. The number of non-ortho nitro benzene ring substituents is 2. The normalized spacial score (nSPS) is 15.1. The van der Waals surface area contributed by atoms with Crippen LogP contribution in [0.4, 0.5) is 22.7 Å². The number of hydrogen-bond acceptors (Lipinski definition) is 9. The van der Waals surface area contributed by atoms with Crippen LogP contribution >= 0.6 is 11.8 Å². The molecule has 198 valence electrons. The van der Waals surface area contributed by atoms with Gasteiger partial charge in [0.15, 0.2) is 5.17 Å². The van der Waals surface area contributed by atoms with Crippen LogP contribution in [0.1, 0.15) is 16.1 Å². The van der Waals surface area contributed by atoms with Crippen LogP contribution in [-0.4, -0.2) is 32.0 Å². The number of nitro groups is 2. The van der Waals surface area contributed by atoms with Crippen molar-refractivity contribution in [3.8, 4) is 11.3 Å². The molecule has 2 heterocycles. The molecule has 1 N–H and O–H groups in total. The maximum absolute atomic E-state index is 13.5. The van der Waals surface area contributed by atoms with Gasteiger partial charge in [0.25, 0.3) is 17.3 Å². The Morgan fingerprint density at radius 3 is 2.27 bits per heavy atom. The molecule has 0 radical (unpaired) electrons. The van der Waals surface area contributed by atoms with Gasteiger partial charge in [-0.3, -0.25) is 29.9 Å². The van der Waals surface area contributed by atoms with E-state index in [9.17, 15) is 29.8 Å². The smallest absolute Gasteiger partial charge is 0.335 e. The number of amidine groups is 1. The number of nitro benzene ring substituents is 2. The number of furan rings is 1. The lowest BCUT2D eigenvalue weighted by Crippen LogP contribution is -2.28. The van der Waals surface area contributed by atoms with Gasteiger partial charge in [-0.25, -0.2) is 9.79 Å². The minimum atomic E-state index is -1.05. The number of rotatable bonds is 7. The van der Waals surface area contributed by atoms with E-state index in [1.807, 2.05) is 0 Å². The predicted molar refractivity (Wildman–Crippen MR) is 147 cm³/mol. The van der Waals surface area contributed by atoms with Gasteiger partial charge < -0.3 is 9.52 Å². The van der Waals surface area contributed by atoms with E-state index >= 15 is 0 Å². The summed E-state index contributed by atoms with van der Waals surface area (Å²) in [5, 5.41) is 31.8. The number of hydrogen-bond donors (Lipinski definition) is 1. The molecule has 4 aromatic rings. The number of nitrogens with zero attached hydrogens (tertiary/aromatic N) is 4. The first-order valence-corrected chi connectivity index (χ1v) is 12.3. The number of carbonyl (C=O) groups is 2. The molecule has 1 amide bonds. The average molecular weight is 557 g/mol. The second-order valence-electron chi connectivity index (χ2n) is 8.28. The largest absolute Gasteiger partial charge is 0.478 e. The van der Waals surface area contributed by atoms with E-state index in [0.717, 1.165) is 11.8 Å². The summed E-state index contributed by atoms with van der Waals surface area (Å²) in [6.45, 7) is 0. The zero-order valence-corrected chi connectivity index (χ0v) is 21.0. The standard InChI is InChI=1S/C27H16N4O8S/c32-25-24(15-22-11-12-23(39-22)16-7-9-17(10-8-16)26(33)34)40-27(28-18-3-1-5-20(13-18)30(35)36)29(25)19-4-2-6-21(14-19)31(37)38/h1-15H,(H,33,34)/b24-15+,28-27?. The fourth-order valence-electron chi connectivity index (χ4n) is 3.80. The first kappa shape index (κ1) is 26.1. The summed E-state index contributed by atoms with van der Waals surface area (Å²) in [7, 11) is 0. The second kappa shape index (κ2) is 10.7. The highest BCUT2D eigenvalue weighted by atomic mass is 32.2. The molecule has 13 heteroatoms. The van der Waals surface area contributed by atoms with Crippen molar-refractivity contribution in [3.05, 3.63) is 121 Å². The van der Waals surface area contributed by atoms with E-state index in [1.54, 1.807) is 24.3 Å². The molecule has 1 saturated heterocycles. The fraction of sp³-hybridized carbons (Fsp3) is 0.